The molecule has 1 aliphatic carbocycles. The summed E-state index contributed by atoms with van der Waals surface area (Å²) in [5.41, 5.74) is 0.879. The second-order valence-corrected chi connectivity index (χ2v) is 7.63. The van der Waals surface area contributed by atoms with Crippen LogP contribution >= 0.6 is 34.8 Å². The molecule has 0 radical (unpaired) electrons. The molecule has 2 aromatic rings. The minimum atomic E-state index is -0.479. The molecule has 1 heterocycles. The molecule has 0 amide bonds. The van der Waals surface area contributed by atoms with Gasteiger partial charge in [0.15, 0.2) is 0 Å². The molecule has 0 spiro atoms. The Bertz CT molecular complexity index is 831. The highest BCUT2D eigenvalue weighted by Crippen LogP contribution is 2.35. The average Bonchev–Trinajstić information content (AvgIpc) is 3.39. The molecule has 5 nitrogen and oxygen atoms in total. The van der Waals surface area contributed by atoms with E-state index in [2.05, 4.69) is 29.4 Å². The Balaban J connectivity index is 1.79. The van der Waals surface area contributed by atoms with E-state index in [1.54, 1.807) is 12.1 Å². The number of hydrogen-bond acceptors (Lipinski definition) is 4. The Morgan fingerprint density at radius 3 is 2.60 bits per heavy atom. The molecule has 1 N–H and O–H groups in total. The van der Waals surface area contributed by atoms with E-state index in [0.29, 0.717) is 16.8 Å². The highest BCUT2D eigenvalue weighted by atomic mass is 35.5. The number of nitrogens with zero attached hydrogens (tertiary/aromatic N) is 3. The Hall–Kier alpha value is -1.27. The summed E-state index contributed by atoms with van der Waals surface area (Å²) in [6, 6.07) is 5.78. The van der Waals surface area contributed by atoms with Crippen LogP contribution in [0.5, 0.6) is 0 Å². The van der Waals surface area contributed by atoms with Gasteiger partial charge in [-0.3, -0.25) is 4.79 Å². The normalized spacial score (nSPS) is 15.4. The minimum Gasteiger partial charge on any atom is -0.382 e. The molecule has 0 saturated heterocycles. The van der Waals surface area contributed by atoms with Gasteiger partial charge in [-0.05, 0) is 51.1 Å². The van der Waals surface area contributed by atoms with Crippen LogP contribution in [0, 0.1) is 5.92 Å². The number of benzene rings is 1. The third kappa shape index (κ3) is 4.11. The van der Waals surface area contributed by atoms with Gasteiger partial charge in [-0.15, -0.1) is 0 Å². The topological polar surface area (TPSA) is 50.2 Å². The van der Waals surface area contributed by atoms with Crippen LogP contribution in [0.2, 0.25) is 15.1 Å². The summed E-state index contributed by atoms with van der Waals surface area (Å²) >= 11 is 18.1. The van der Waals surface area contributed by atoms with Crippen molar-refractivity contribution in [3.8, 4) is 5.69 Å². The van der Waals surface area contributed by atoms with E-state index in [1.165, 1.54) is 23.7 Å². The maximum absolute atomic E-state index is 12.2. The molecule has 1 aromatic heterocycles. The molecule has 3 rings (SSSR count). The fourth-order valence-corrected chi connectivity index (χ4v) is 3.34. The van der Waals surface area contributed by atoms with E-state index in [0.717, 1.165) is 18.2 Å². The zero-order chi connectivity index (χ0) is 18.1. The second-order valence-electron chi connectivity index (χ2n) is 6.44. The zero-order valence-electron chi connectivity index (χ0n) is 14.0. The molecular weight excluding hydrogens is 383 g/mol. The summed E-state index contributed by atoms with van der Waals surface area (Å²) in [6.45, 7) is 0.821. The SMILES string of the molecule is CN(C)C(CNc1ccc(-n2ncc(Cl)c(Cl)c2=O)cc1Cl)C1CC1. The van der Waals surface area contributed by atoms with Gasteiger partial charge in [0.25, 0.3) is 5.56 Å². The number of halogens is 3. The Morgan fingerprint density at radius 2 is 2.00 bits per heavy atom. The Kier molecular flexibility index (Phi) is 5.58. The molecule has 8 heteroatoms. The van der Waals surface area contributed by atoms with Gasteiger partial charge in [0.05, 0.1) is 27.6 Å². The number of anilines is 1. The van der Waals surface area contributed by atoms with Crippen LogP contribution in [-0.4, -0.2) is 41.4 Å². The van der Waals surface area contributed by atoms with Gasteiger partial charge in [-0.1, -0.05) is 34.8 Å². The maximum atomic E-state index is 12.2. The van der Waals surface area contributed by atoms with Crippen LogP contribution in [0.15, 0.2) is 29.2 Å². The van der Waals surface area contributed by atoms with Crippen molar-refractivity contribution in [3.05, 3.63) is 49.8 Å². The molecule has 1 fully saturated rings. The monoisotopic (exact) mass is 400 g/mol. The van der Waals surface area contributed by atoms with E-state index in [1.807, 2.05) is 6.07 Å². The quantitative estimate of drug-likeness (QED) is 0.796. The molecule has 0 bridgehead atoms. The summed E-state index contributed by atoms with van der Waals surface area (Å²) in [7, 11) is 4.19. The van der Waals surface area contributed by atoms with Crippen molar-refractivity contribution in [2.75, 3.05) is 26.0 Å². The van der Waals surface area contributed by atoms with Crippen LogP contribution in [0.4, 0.5) is 5.69 Å². The van der Waals surface area contributed by atoms with Crippen molar-refractivity contribution < 1.29 is 0 Å². The van der Waals surface area contributed by atoms with Crippen LogP contribution in [0.3, 0.4) is 0 Å². The van der Waals surface area contributed by atoms with Gasteiger partial charge in [0.2, 0.25) is 0 Å². The average molecular weight is 402 g/mol. The van der Waals surface area contributed by atoms with Crippen LogP contribution in [-0.2, 0) is 0 Å². The smallest absolute Gasteiger partial charge is 0.291 e. The lowest BCUT2D eigenvalue weighted by atomic mass is 10.1. The highest BCUT2D eigenvalue weighted by Gasteiger charge is 2.32. The van der Waals surface area contributed by atoms with Gasteiger partial charge in [-0.25, -0.2) is 0 Å². The summed E-state index contributed by atoms with van der Waals surface area (Å²) in [5.74, 6) is 0.750. The Morgan fingerprint density at radius 1 is 1.28 bits per heavy atom. The number of likely N-dealkylation sites (N-methyl/N-ethyl adjacent to an activating group) is 1. The molecule has 1 atom stereocenters. The van der Waals surface area contributed by atoms with Gasteiger partial charge in [0, 0.05) is 12.6 Å². The van der Waals surface area contributed by atoms with Crippen molar-refractivity contribution in [1.29, 1.82) is 0 Å². The van der Waals surface area contributed by atoms with Gasteiger partial charge < -0.3 is 10.2 Å². The highest BCUT2D eigenvalue weighted by molar-refractivity contribution is 6.41. The van der Waals surface area contributed by atoms with E-state index < -0.39 is 5.56 Å². The van der Waals surface area contributed by atoms with E-state index >= 15 is 0 Å². The minimum absolute atomic E-state index is 0.0618. The largest absolute Gasteiger partial charge is 0.382 e. The molecule has 1 unspecified atom stereocenters. The van der Waals surface area contributed by atoms with Crippen LogP contribution in [0.25, 0.3) is 5.69 Å². The first kappa shape index (κ1) is 18.5. The summed E-state index contributed by atoms with van der Waals surface area (Å²) in [4.78, 5) is 14.4. The molecule has 1 aliphatic rings. The third-order valence-electron chi connectivity index (χ3n) is 4.40. The van der Waals surface area contributed by atoms with E-state index in [-0.39, 0.29) is 10.0 Å². The standard InChI is InChI=1S/C17H19Cl3N4O/c1-23(2)15(10-3-4-10)9-21-14-6-5-11(7-12(14)18)24-17(25)16(20)13(19)8-22-24/h5-8,10,15,21H,3-4,9H2,1-2H3. The fraction of sp³-hybridized carbons (Fsp3) is 0.412. The van der Waals surface area contributed by atoms with Crippen molar-refractivity contribution in [2.45, 2.75) is 18.9 Å². The van der Waals surface area contributed by atoms with Crippen molar-refractivity contribution in [3.63, 3.8) is 0 Å². The van der Waals surface area contributed by atoms with Crippen molar-refractivity contribution >= 4 is 40.5 Å². The van der Waals surface area contributed by atoms with E-state index in [9.17, 15) is 4.79 Å². The van der Waals surface area contributed by atoms with Crippen LogP contribution in [0.1, 0.15) is 12.8 Å². The first-order chi connectivity index (χ1) is 11.9. The van der Waals surface area contributed by atoms with Crippen molar-refractivity contribution in [1.82, 2.24) is 14.7 Å². The molecule has 1 saturated carbocycles. The molecule has 25 heavy (non-hydrogen) atoms. The molecular formula is C17H19Cl3N4O. The maximum Gasteiger partial charge on any atom is 0.291 e. The van der Waals surface area contributed by atoms with Gasteiger partial charge in [-0.2, -0.15) is 9.78 Å². The first-order valence-electron chi connectivity index (χ1n) is 8.02. The lowest BCUT2D eigenvalue weighted by molar-refractivity contribution is 0.276. The molecule has 134 valence electrons. The number of nitrogens with one attached hydrogen (secondary N) is 1. The van der Waals surface area contributed by atoms with Crippen molar-refractivity contribution in [2.24, 2.45) is 5.92 Å². The predicted molar refractivity (Wildman–Crippen MR) is 104 cm³/mol. The van der Waals surface area contributed by atoms with Crippen LogP contribution < -0.4 is 10.9 Å². The summed E-state index contributed by atoms with van der Waals surface area (Å²) in [6.07, 6.45) is 3.90. The number of rotatable bonds is 6. The lowest BCUT2D eigenvalue weighted by Gasteiger charge is -2.25. The molecule has 0 aliphatic heterocycles. The first-order valence-corrected chi connectivity index (χ1v) is 9.15. The summed E-state index contributed by atoms with van der Waals surface area (Å²) in [5, 5.41) is 8.00. The fourth-order valence-electron chi connectivity index (χ4n) is 2.84. The number of aromatic nitrogens is 2. The lowest BCUT2D eigenvalue weighted by Crippen LogP contribution is -2.36. The molecule has 1 aromatic carbocycles. The van der Waals surface area contributed by atoms with Gasteiger partial charge in [0.1, 0.15) is 5.02 Å². The van der Waals surface area contributed by atoms with E-state index in [4.69, 9.17) is 34.8 Å². The zero-order valence-corrected chi connectivity index (χ0v) is 16.2. The Labute approximate surface area is 161 Å². The second kappa shape index (κ2) is 7.54. The number of hydrogen-bond donors (Lipinski definition) is 1. The van der Waals surface area contributed by atoms with Gasteiger partial charge >= 0.3 is 0 Å². The predicted octanol–water partition coefficient (Wildman–Crippen LogP) is 3.94. The summed E-state index contributed by atoms with van der Waals surface area (Å²) < 4.78 is 1.18. The third-order valence-corrected chi connectivity index (χ3v) is 5.47.